The normalized spacial score (nSPS) is 24.4. The quantitative estimate of drug-likeness (QED) is 0.900. The lowest BCUT2D eigenvalue weighted by Gasteiger charge is -2.23. The van der Waals surface area contributed by atoms with E-state index in [0.717, 1.165) is 50.0 Å². The fourth-order valence-electron chi connectivity index (χ4n) is 3.42. The third kappa shape index (κ3) is 2.77. The minimum absolute atomic E-state index is 0.00243. The van der Waals surface area contributed by atoms with Crippen LogP contribution in [0.15, 0.2) is 5.38 Å². The van der Waals surface area contributed by atoms with Gasteiger partial charge in [0.25, 0.3) is 5.91 Å². The van der Waals surface area contributed by atoms with Gasteiger partial charge < -0.3 is 10.4 Å². The minimum Gasteiger partial charge on any atom is -0.388 e. The lowest BCUT2D eigenvalue weighted by atomic mass is 9.88. The first kappa shape index (κ1) is 14.1. The molecule has 110 valence electrons. The Morgan fingerprint density at radius 3 is 3.00 bits per heavy atom. The molecule has 4 heteroatoms. The van der Waals surface area contributed by atoms with Gasteiger partial charge >= 0.3 is 0 Å². The molecule has 0 spiro atoms. The van der Waals surface area contributed by atoms with E-state index in [-0.39, 0.29) is 5.91 Å². The van der Waals surface area contributed by atoms with E-state index in [9.17, 15) is 9.90 Å². The molecule has 1 heterocycles. The van der Waals surface area contributed by atoms with Gasteiger partial charge in [0.1, 0.15) is 0 Å². The van der Waals surface area contributed by atoms with Crippen molar-refractivity contribution in [3.63, 3.8) is 0 Å². The number of hydrogen-bond acceptors (Lipinski definition) is 3. The van der Waals surface area contributed by atoms with Crippen LogP contribution in [0, 0.1) is 5.92 Å². The Kier molecular flexibility index (Phi) is 3.87. The van der Waals surface area contributed by atoms with Gasteiger partial charge in [-0.25, -0.2) is 0 Å². The van der Waals surface area contributed by atoms with E-state index in [1.54, 1.807) is 11.3 Å². The fraction of sp³-hybridized carbons (Fsp3) is 0.688. The first-order chi connectivity index (χ1) is 9.57. The second kappa shape index (κ2) is 5.49. The molecule has 1 aromatic heterocycles. The van der Waals surface area contributed by atoms with Crippen molar-refractivity contribution in [1.82, 2.24) is 5.32 Å². The van der Waals surface area contributed by atoms with E-state index in [4.69, 9.17) is 0 Å². The van der Waals surface area contributed by atoms with Gasteiger partial charge in [0.15, 0.2) is 0 Å². The molecule has 2 aliphatic carbocycles. The fourth-order valence-corrected chi connectivity index (χ4v) is 4.66. The van der Waals surface area contributed by atoms with Crippen molar-refractivity contribution in [2.45, 2.75) is 57.5 Å². The van der Waals surface area contributed by atoms with Crippen LogP contribution in [0.1, 0.15) is 59.8 Å². The highest BCUT2D eigenvalue weighted by atomic mass is 32.1. The number of carbonyl (C=O) groups is 1. The summed E-state index contributed by atoms with van der Waals surface area (Å²) in [7, 11) is 0. The van der Waals surface area contributed by atoms with Gasteiger partial charge in [-0.15, -0.1) is 11.3 Å². The maximum Gasteiger partial charge on any atom is 0.252 e. The van der Waals surface area contributed by atoms with Crippen molar-refractivity contribution >= 4 is 17.2 Å². The van der Waals surface area contributed by atoms with Crippen LogP contribution in [-0.4, -0.2) is 23.2 Å². The lowest BCUT2D eigenvalue weighted by molar-refractivity contribution is 0.0449. The van der Waals surface area contributed by atoms with E-state index in [1.807, 2.05) is 5.38 Å². The van der Waals surface area contributed by atoms with Crippen LogP contribution >= 0.6 is 11.3 Å². The molecule has 2 aliphatic rings. The number of carbonyl (C=O) groups excluding carboxylic acids is 1. The molecule has 1 unspecified atom stereocenters. The van der Waals surface area contributed by atoms with E-state index < -0.39 is 5.60 Å². The molecular weight excluding hydrogens is 270 g/mol. The molecule has 1 saturated carbocycles. The average Bonchev–Trinajstić information content (AvgIpc) is 3.02. The topological polar surface area (TPSA) is 49.3 Å². The molecule has 0 aliphatic heterocycles. The van der Waals surface area contributed by atoms with E-state index in [0.29, 0.717) is 6.54 Å². The van der Waals surface area contributed by atoms with Crippen molar-refractivity contribution < 1.29 is 9.90 Å². The summed E-state index contributed by atoms with van der Waals surface area (Å²) in [5.74, 6) is 0.730. The SMILES string of the molecule is CC1CCc2c(C(=O)NCC3(O)CCCC3)csc2C1. The number of nitrogens with one attached hydrogen (secondary N) is 1. The maximum atomic E-state index is 12.3. The predicted molar refractivity (Wildman–Crippen MR) is 81.3 cm³/mol. The first-order valence-corrected chi connectivity index (χ1v) is 8.55. The van der Waals surface area contributed by atoms with Crippen molar-refractivity contribution in [3.8, 4) is 0 Å². The third-order valence-electron chi connectivity index (χ3n) is 4.76. The minimum atomic E-state index is -0.666. The summed E-state index contributed by atoms with van der Waals surface area (Å²) in [6.45, 7) is 2.67. The molecule has 1 aromatic rings. The number of hydrogen-bond donors (Lipinski definition) is 2. The van der Waals surface area contributed by atoms with Crippen LogP contribution in [-0.2, 0) is 12.8 Å². The van der Waals surface area contributed by atoms with Gasteiger partial charge in [-0.1, -0.05) is 19.8 Å². The Balaban J connectivity index is 1.66. The van der Waals surface area contributed by atoms with Crippen molar-refractivity contribution in [2.24, 2.45) is 5.92 Å². The van der Waals surface area contributed by atoms with E-state index >= 15 is 0 Å². The second-order valence-electron chi connectivity index (χ2n) is 6.51. The molecule has 1 atom stereocenters. The third-order valence-corrected chi connectivity index (χ3v) is 5.81. The number of aliphatic hydroxyl groups is 1. The number of fused-ring (bicyclic) bond motifs is 1. The van der Waals surface area contributed by atoms with Gasteiger partial charge in [0.2, 0.25) is 0 Å². The molecule has 0 bridgehead atoms. The highest BCUT2D eigenvalue weighted by molar-refractivity contribution is 7.10. The molecule has 1 amide bonds. The van der Waals surface area contributed by atoms with Crippen LogP contribution in [0.25, 0.3) is 0 Å². The molecular formula is C16H23NO2S. The zero-order valence-electron chi connectivity index (χ0n) is 12.1. The number of thiophene rings is 1. The van der Waals surface area contributed by atoms with Crippen LogP contribution in [0.4, 0.5) is 0 Å². The van der Waals surface area contributed by atoms with Gasteiger partial charge in [-0.05, 0) is 43.6 Å². The summed E-state index contributed by atoms with van der Waals surface area (Å²) in [5, 5.41) is 15.2. The van der Waals surface area contributed by atoms with Crippen LogP contribution in [0.2, 0.25) is 0 Å². The van der Waals surface area contributed by atoms with Gasteiger partial charge in [0.05, 0.1) is 11.2 Å². The van der Waals surface area contributed by atoms with Crippen LogP contribution in [0.5, 0.6) is 0 Å². The Hall–Kier alpha value is -0.870. The van der Waals surface area contributed by atoms with Gasteiger partial charge in [-0.2, -0.15) is 0 Å². The van der Waals surface area contributed by atoms with E-state index in [2.05, 4.69) is 12.2 Å². The lowest BCUT2D eigenvalue weighted by Crippen LogP contribution is -2.40. The molecule has 3 nitrogen and oxygen atoms in total. The number of amides is 1. The summed E-state index contributed by atoms with van der Waals surface area (Å²) in [6.07, 6.45) is 7.06. The molecule has 0 saturated heterocycles. The average molecular weight is 293 g/mol. The summed E-state index contributed by atoms with van der Waals surface area (Å²) in [4.78, 5) is 13.7. The van der Waals surface area contributed by atoms with Crippen molar-refractivity contribution in [1.29, 1.82) is 0 Å². The molecule has 3 rings (SSSR count). The Morgan fingerprint density at radius 1 is 1.50 bits per heavy atom. The van der Waals surface area contributed by atoms with Crippen LogP contribution in [0.3, 0.4) is 0 Å². The predicted octanol–water partition coefficient (Wildman–Crippen LogP) is 2.91. The summed E-state index contributed by atoms with van der Waals surface area (Å²) >= 11 is 1.72. The Bertz CT molecular complexity index is 503. The standard InChI is InChI=1S/C16H23NO2S/c1-11-4-5-12-13(9-20-14(12)8-11)15(18)17-10-16(19)6-2-3-7-16/h9,11,19H,2-8,10H2,1H3,(H,17,18). The Morgan fingerprint density at radius 2 is 2.25 bits per heavy atom. The monoisotopic (exact) mass is 293 g/mol. The Labute approximate surface area is 124 Å². The molecule has 2 N–H and O–H groups in total. The summed E-state index contributed by atoms with van der Waals surface area (Å²) < 4.78 is 0. The zero-order valence-corrected chi connectivity index (χ0v) is 12.9. The van der Waals surface area contributed by atoms with Crippen LogP contribution < -0.4 is 5.32 Å². The zero-order chi connectivity index (χ0) is 14.2. The molecule has 1 fully saturated rings. The smallest absolute Gasteiger partial charge is 0.252 e. The largest absolute Gasteiger partial charge is 0.388 e. The van der Waals surface area contributed by atoms with Crippen molar-refractivity contribution in [2.75, 3.05) is 6.54 Å². The second-order valence-corrected chi connectivity index (χ2v) is 7.48. The van der Waals surface area contributed by atoms with Gasteiger partial charge in [0, 0.05) is 16.8 Å². The summed E-state index contributed by atoms with van der Waals surface area (Å²) in [5.41, 5.74) is 1.43. The van der Waals surface area contributed by atoms with E-state index in [1.165, 1.54) is 16.9 Å². The number of rotatable bonds is 3. The first-order valence-electron chi connectivity index (χ1n) is 7.67. The highest BCUT2D eigenvalue weighted by Gasteiger charge is 2.32. The van der Waals surface area contributed by atoms with Crippen molar-refractivity contribution in [3.05, 3.63) is 21.4 Å². The summed E-state index contributed by atoms with van der Waals surface area (Å²) in [6, 6.07) is 0. The molecule has 0 aromatic carbocycles. The van der Waals surface area contributed by atoms with Gasteiger partial charge in [-0.3, -0.25) is 4.79 Å². The highest BCUT2D eigenvalue weighted by Crippen LogP contribution is 2.33. The maximum absolute atomic E-state index is 12.3. The molecule has 0 radical (unpaired) electrons. The molecule has 20 heavy (non-hydrogen) atoms.